The van der Waals surface area contributed by atoms with E-state index in [4.69, 9.17) is 0 Å². The van der Waals surface area contributed by atoms with Gasteiger partial charge in [0, 0.05) is 19.6 Å². The summed E-state index contributed by atoms with van der Waals surface area (Å²) >= 11 is 0. The average molecular weight is 446 g/mol. The van der Waals surface area contributed by atoms with Crippen LogP contribution in [0, 0.1) is 0 Å². The molecule has 0 fully saturated rings. The fourth-order valence-corrected chi connectivity index (χ4v) is 2.22. The Morgan fingerprint density at radius 2 is 1.88 bits per heavy atom. The predicted octanol–water partition coefficient (Wildman–Crippen LogP) is 3.05. The van der Waals surface area contributed by atoms with Crippen molar-refractivity contribution in [2.75, 3.05) is 13.6 Å². The van der Waals surface area contributed by atoms with Crippen molar-refractivity contribution in [3.8, 4) is 0 Å². The van der Waals surface area contributed by atoms with E-state index in [2.05, 4.69) is 34.8 Å². The lowest BCUT2D eigenvalue weighted by Gasteiger charge is -2.17. The molecular weight excluding hydrogens is 415 g/mol. The van der Waals surface area contributed by atoms with E-state index in [9.17, 15) is 4.79 Å². The third kappa shape index (κ3) is 10.5. The number of benzene rings is 1. The summed E-state index contributed by atoms with van der Waals surface area (Å²) in [6.45, 7) is 5.10. The van der Waals surface area contributed by atoms with Crippen LogP contribution >= 0.6 is 24.0 Å². The lowest BCUT2D eigenvalue weighted by Crippen LogP contribution is -2.45. The van der Waals surface area contributed by atoms with Gasteiger partial charge in [-0.3, -0.25) is 9.79 Å². The number of carbonyl (C=O) groups is 1. The first-order chi connectivity index (χ1) is 11.2. The van der Waals surface area contributed by atoms with Crippen LogP contribution in [0.1, 0.15) is 45.1 Å². The van der Waals surface area contributed by atoms with Crippen LogP contribution in [0.15, 0.2) is 35.3 Å². The molecule has 0 radical (unpaired) electrons. The van der Waals surface area contributed by atoms with Crippen LogP contribution in [0.5, 0.6) is 0 Å². The smallest absolute Gasteiger partial charge is 0.239 e. The molecule has 1 unspecified atom stereocenters. The quantitative estimate of drug-likeness (QED) is 0.237. The second kappa shape index (κ2) is 14.1. The highest BCUT2D eigenvalue weighted by molar-refractivity contribution is 14.0. The number of hydrogen-bond acceptors (Lipinski definition) is 2. The van der Waals surface area contributed by atoms with Crippen molar-refractivity contribution in [3.05, 3.63) is 35.9 Å². The lowest BCUT2D eigenvalue weighted by molar-refractivity contribution is -0.120. The minimum atomic E-state index is -0.0459. The summed E-state index contributed by atoms with van der Waals surface area (Å²) in [5, 5.41) is 9.26. The van der Waals surface area contributed by atoms with Gasteiger partial charge in [-0.1, -0.05) is 56.5 Å². The molecule has 0 aliphatic carbocycles. The third-order valence-corrected chi connectivity index (χ3v) is 3.60. The maximum Gasteiger partial charge on any atom is 0.239 e. The summed E-state index contributed by atoms with van der Waals surface area (Å²) in [6, 6.07) is 10.2. The fraction of sp³-hybridized carbons (Fsp3) is 0.556. The summed E-state index contributed by atoms with van der Waals surface area (Å²) < 4.78 is 0. The van der Waals surface area contributed by atoms with E-state index < -0.39 is 0 Å². The van der Waals surface area contributed by atoms with Gasteiger partial charge in [-0.15, -0.1) is 24.0 Å². The Hall–Kier alpha value is -1.31. The summed E-state index contributed by atoms with van der Waals surface area (Å²) in [7, 11) is 1.72. The van der Waals surface area contributed by atoms with Crippen LogP contribution in [0.2, 0.25) is 0 Å². The number of nitrogens with zero attached hydrogens (tertiary/aromatic N) is 1. The number of rotatable bonds is 9. The molecule has 6 heteroatoms. The van der Waals surface area contributed by atoms with E-state index in [-0.39, 0.29) is 36.4 Å². The monoisotopic (exact) mass is 446 g/mol. The second-order valence-electron chi connectivity index (χ2n) is 5.73. The Labute approximate surface area is 163 Å². The number of halogens is 1. The highest BCUT2D eigenvalue weighted by Gasteiger charge is 2.07. The van der Waals surface area contributed by atoms with Gasteiger partial charge in [0.2, 0.25) is 5.91 Å². The van der Waals surface area contributed by atoms with Gasteiger partial charge in [-0.05, 0) is 18.9 Å². The Balaban J connectivity index is 0.00000529. The van der Waals surface area contributed by atoms with E-state index in [1.54, 1.807) is 7.05 Å². The van der Waals surface area contributed by atoms with E-state index >= 15 is 0 Å². The van der Waals surface area contributed by atoms with Gasteiger partial charge in [-0.2, -0.15) is 0 Å². The lowest BCUT2D eigenvalue weighted by atomic mass is 10.1. The van der Waals surface area contributed by atoms with E-state index in [1.165, 1.54) is 19.3 Å². The van der Waals surface area contributed by atoms with Crippen LogP contribution < -0.4 is 16.0 Å². The Bertz CT molecular complexity index is 479. The Kier molecular flexibility index (Phi) is 13.3. The third-order valence-electron chi connectivity index (χ3n) is 3.60. The largest absolute Gasteiger partial charge is 0.354 e. The number of aliphatic imine (C=N–C) groups is 1. The van der Waals surface area contributed by atoms with Gasteiger partial charge in [0.15, 0.2) is 5.96 Å². The number of unbranched alkanes of at least 4 members (excludes halogenated alkanes) is 2. The SMILES string of the molecule is CCCCCC(C)NC(=NC)NCC(=O)NCc1ccccc1.I. The molecule has 3 N–H and O–H groups in total. The average Bonchev–Trinajstić information content (AvgIpc) is 2.57. The first-order valence-corrected chi connectivity index (χ1v) is 8.43. The Morgan fingerprint density at radius 1 is 1.17 bits per heavy atom. The predicted molar refractivity (Wildman–Crippen MR) is 112 cm³/mol. The number of hydrogen-bond donors (Lipinski definition) is 3. The fourth-order valence-electron chi connectivity index (χ4n) is 2.22. The summed E-state index contributed by atoms with van der Waals surface area (Å²) in [4.78, 5) is 16.0. The van der Waals surface area contributed by atoms with Crippen LogP contribution in [0.3, 0.4) is 0 Å². The number of amides is 1. The van der Waals surface area contributed by atoms with Gasteiger partial charge in [0.1, 0.15) is 0 Å². The van der Waals surface area contributed by atoms with Gasteiger partial charge in [-0.25, -0.2) is 0 Å². The van der Waals surface area contributed by atoms with Crippen molar-refractivity contribution in [3.63, 3.8) is 0 Å². The van der Waals surface area contributed by atoms with Crippen LogP contribution in [0.4, 0.5) is 0 Å². The van der Waals surface area contributed by atoms with Crippen molar-refractivity contribution in [2.24, 2.45) is 4.99 Å². The molecule has 136 valence electrons. The molecule has 0 saturated heterocycles. The second-order valence-corrected chi connectivity index (χ2v) is 5.73. The van der Waals surface area contributed by atoms with Crippen molar-refractivity contribution in [1.29, 1.82) is 0 Å². The molecule has 0 aliphatic heterocycles. The summed E-state index contributed by atoms with van der Waals surface area (Å²) in [5.41, 5.74) is 1.09. The van der Waals surface area contributed by atoms with Crippen molar-refractivity contribution >= 4 is 35.8 Å². The van der Waals surface area contributed by atoms with Crippen LogP contribution in [0.25, 0.3) is 0 Å². The number of guanidine groups is 1. The standard InChI is InChI=1S/C18H30N4O.HI/c1-4-5-7-10-15(2)22-18(19-3)21-14-17(23)20-13-16-11-8-6-9-12-16;/h6,8-9,11-12,15H,4-5,7,10,13-14H2,1-3H3,(H,20,23)(H2,19,21,22);1H. The highest BCUT2D eigenvalue weighted by Crippen LogP contribution is 2.02. The molecule has 0 heterocycles. The molecule has 1 aromatic rings. The molecule has 0 bridgehead atoms. The first-order valence-electron chi connectivity index (χ1n) is 8.43. The molecule has 5 nitrogen and oxygen atoms in total. The minimum absolute atomic E-state index is 0. The van der Waals surface area contributed by atoms with Crippen molar-refractivity contribution in [1.82, 2.24) is 16.0 Å². The Morgan fingerprint density at radius 3 is 2.50 bits per heavy atom. The molecule has 0 aliphatic rings. The van der Waals surface area contributed by atoms with Crippen molar-refractivity contribution in [2.45, 2.75) is 52.1 Å². The van der Waals surface area contributed by atoms with E-state index in [0.29, 0.717) is 18.5 Å². The molecule has 0 aromatic heterocycles. The van der Waals surface area contributed by atoms with Crippen LogP contribution in [-0.4, -0.2) is 31.5 Å². The zero-order valence-corrected chi connectivity index (χ0v) is 17.3. The molecule has 0 spiro atoms. The maximum atomic E-state index is 11.9. The van der Waals surface area contributed by atoms with E-state index in [1.807, 2.05) is 30.3 Å². The number of carbonyl (C=O) groups excluding carboxylic acids is 1. The topological polar surface area (TPSA) is 65.5 Å². The molecule has 1 atom stereocenters. The zero-order chi connectivity index (χ0) is 16.9. The van der Waals surface area contributed by atoms with Gasteiger partial charge < -0.3 is 16.0 Å². The molecule has 1 rings (SSSR count). The normalized spacial score (nSPS) is 12.0. The maximum absolute atomic E-state index is 11.9. The summed E-state index contributed by atoms with van der Waals surface area (Å²) in [6.07, 6.45) is 4.79. The number of nitrogens with one attached hydrogen (secondary N) is 3. The zero-order valence-electron chi connectivity index (χ0n) is 15.0. The minimum Gasteiger partial charge on any atom is -0.354 e. The first kappa shape index (κ1) is 22.7. The molecular formula is C18H31IN4O. The highest BCUT2D eigenvalue weighted by atomic mass is 127. The van der Waals surface area contributed by atoms with Crippen molar-refractivity contribution < 1.29 is 4.79 Å². The molecule has 0 saturated carbocycles. The van der Waals surface area contributed by atoms with Gasteiger partial charge in [0.05, 0.1) is 6.54 Å². The molecule has 1 amide bonds. The summed E-state index contributed by atoms with van der Waals surface area (Å²) in [5.74, 6) is 0.624. The van der Waals surface area contributed by atoms with Crippen LogP contribution in [-0.2, 0) is 11.3 Å². The van der Waals surface area contributed by atoms with E-state index in [0.717, 1.165) is 12.0 Å². The van der Waals surface area contributed by atoms with Gasteiger partial charge >= 0.3 is 0 Å². The van der Waals surface area contributed by atoms with Gasteiger partial charge in [0.25, 0.3) is 0 Å². The molecule has 24 heavy (non-hydrogen) atoms. The molecule has 1 aromatic carbocycles.